The maximum Gasteiger partial charge on any atom is 0.295 e. The number of aliphatic hydroxyl groups excluding tert-OH is 1. The predicted octanol–water partition coefficient (Wildman–Crippen LogP) is 4.22. The maximum absolute atomic E-state index is 12.8. The van der Waals surface area contributed by atoms with Gasteiger partial charge in [-0.05, 0) is 31.0 Å². The second kappa shape index (κ2) is 8.71. The van der Waals surface area contributed by atoms with Crippen molar-refractivity contribution < 1.29 is 19.4 Å². The van der Waals surface area contributed by atoms with Gasteiger partial charge in [-0.1, -0.05) is 57.9 Å². The van der Waals surface area contributed by atoms with Crippen LogP contribution in [0.3, 0.4) is 0 Å². The molecule has 1 heterocycles. The molecule has 0 unspecified atom stereocenters. The van der Waals surface area contributed by atoms with Crippen LogP contribution in [-0.2, 0) is 14.3 Å². The highest BCUT2D eigenvalue weighted by molar-refractivity contribution is 9.10. The van der Waals surface area contributed by atoms with E-state index in [1.807, 2.05) is 43.3 Å². The fraction of sp³-hybridized carbons (Fsp3) is 0.273. The quantitative estimate of drug-likeness (QED) is 0.314. The number of amides is 1. The molecular weight excluding hydrogens is 422 g/mol. The fourth-order valence-corrected chi connectivity index (χ4v) is 3.61. The van der Waals surface area contributed by atoms with Crippen LogP contribution < -0.4 is 0 Å². The number of ketones is 1. The van der Waals surface area contributed by atoms with Crippen molar-refractivity contribution in [3.63, 3.8) is 0 Å². The van der Waals surface area contributed by atoms with E-state index in [1.165, 1.54) is 4.90 Å². The summed E-state index contributed by atoms with van der Waals surface area (Å²) in [6.07, 6.45) is 0.598. The molecule has 28 heavy (non-hydrogen) atoms. The molecule has 0 aliphatic carbocycles. The van der Waals surface area contributed by atoms with E-state index in [4.69, 9.17) is 4.74 Å². The van der Waals surface area contributed by atoms with Crippen LogP contribution >= 0.6 is 15.9 Å². The molecule has 1 saturated heterocycles. The molecule has 0 saturated carbocycles. The molecule has 0 bridgehead atoms. The summed E-state index contributed by atoms with van der Waals surface area (Å²) < 4.78 is 5.98. The molecule has 5 nitrogen and oxygen atoms in total. The van der Waals surface area contributed by atoms with E-state index < -0.39 is 17.7 Å². The van der Waals surface area contributed by atoms with Crippen molar-refractivity contribution >= 4 is 33.4 Å². The Balaban J connectivity index is 2.10. The first-order valence-corrected chi connectivity index (χ1v) is 9.83. The number of Topliss-reactive ketones (excluding diaryl/α,β-unsaturated/α-hetero) is 1. The highest BCUT2D eigenvalue weighted by Gasteiger charge is 2.45. The van der Waals surface area contributed by atoms with Gasteiger partial charge in [0.2, 0.25) is 0 Å². The average Bonchev–Trinajstić information content (AvgIpc) is 2.94. The second-order valence-corrected chi connectivity index (χ2v) is 7.67. The summed E-state index contributed by atoms with van der Waals surface area (Å²) >= 11 is 3.41. The smallest absolute Gasteiger partial charge is 0.295 e. The highest BCUT2D eigenvalue weighted by atomic mass is 79.9. The molecule has 2 aromatic rings. The van der Waals surface area contributed by atoms with Gasteiger partial charge >= 0.3 is 0 Å². The van der Waals surface area contributed by atoms with Gasteiger partial charge < -0.3 is 14.7 Å². The lowest BCUT2D eigenvalue weighted by atomic mass is 9.95. The number of hydrogen-bond donors (Lipinski definition) is 1. The Labute approximate surface area is 172 Å². The van der Waals surface area contributed by atoms with Gasteiger partial charge in [0.15, 0.2) is 0 Å². The molecule has 1 aliphatic rings. The lowest BCUT2D eigenvalue weighted by Gasteiger charge is -2.25. The number of rotatable bonds is 6. The number of nitrogens with zero attached hydrogens (tertiary/aromatic N) is 1. The molecule has 2 aromatic carbocycles. The van der Waals surface area contributed by atoms with Crippen molar-refractivity contribution in [3.05, 3.63) is 75.3 Å². The summed E-state index contributed by atoms with van der Waals surface area (Å²) in [5.41, 5.74) is 2.45. The van der Waals surface area contributed by atoms with Gasteiger partial charge in [0.25, 0.3) is 11.7 Å². The zero-order valence-corrected chi connectivity index (χ0v) is 17.4. The monoisotopic (exact) mass is 443 g/mol. The number of benzene rings is 2. The molecule has 6 heteroatoms. The van der Waals surface area contributed by atoms with Gasteiger partial charge in [0.1, 0.15) is 5.76 Å². The van der Waals surface area contributed by atoms with Crippen molar-refractivity contribution in [1.29, 1.82) is 0 Å². The summed E-state index contributed by atoms with van der Waals surface area (Å²) in [6.45, 7) is 2.79. The predicted molar refractivity (Wildman–Crippen MR) is 111 cm³/mol. The normalized spacial score (nSPS) is 18.7. The van der Waals surface area contributed by atoms with Crippen LogP contribution in [-0.4, -0.2) is 42.0 Å². The molecule has 3 rings (SSSR count). The minimum Gasteiger partial charge on any atom is -0.507 e. The van der Waals surface area contributed by atoms with E-state index in [0.29, 0.717) is 25.1 Å². The third-order valence-corrected chi connectivity index (χ3v) is 5.33. The van der Waals surface area contributed by atoms with Gasteiger partial charge in [-0.15, -0.1) is 0 Å². The SMILES string of the molecule is COCCCN1C(=O)C(=O)C(=C(O)c2ccc(C)cc2)[C@H]1c1ccc(Br)cc1. The number of aliphatic hydroxyl groups is 1. The highest BCUT2D eigenvalue weighted by Crippen LogP contribution is 2.39. The minimum absolute atomic E-state index is 0.119. The molecule has 0 radical (unpaired) electrons. The van der Waals surface area contributed by atoms with Crippen LogP contribution in [0, 0.1) is 6.92 Å². The Kier molecular flexibility index (Phi) is 6.31. The Morgan fingerprint density at radius 1 is 1.11 bits per heavy atom. The Hall–Kier alpha value is -2.44. The Morgan fingerprint density at radius 2 is 1.75 bits per heavy atom. The standard InChI is InChI=1S/C22H22BrNO4/c1-14-4-6-16(7-5-14)20(25)18-19(15-8-10-17(23)11-9-15)24(12-3-13-28-2)22(27)21(18)26/h4-11,19,25H,3,12-13H2,1-2H3/t19-/m1/s1. The minimum atomic E-state index is -0.664. The van der Waals surface area contributed by atoms with Gasteiger partial charge in [-0.3, -0.25) is 9.59 Å². The van der Waals surface area contributed by atoms with Crippen molar-refractivity contribution in [2.75, 3.05) is 20.3 Å². The molecule has 146 valence electrons. The first-order chi connectivity index (χ1) is 13.4. The largest absolute Gasteiger partial charge is 0.507 e. The number of carbonyl (C=O) groups is 2. The van der Waals surface area contributed by atoms with Crippen molar-refractivity contribution in [3.8, 4) is 0 Å². The third-order valence-electron chi connectivity index (χ3n) is 4.80. The molecule has 0 aromatic heterocycles. The van der Waals surface area contributed by atoms with Crippen molar-refractivity contribution in [2.45, 2.75) is 19.4 Å². The van der Waals surface area contributed by atoms with Crippen molar-refractivity contribution in [2.24, 2.45) is 0 Å². The van der Waals surface area contributed by atoms with E-state index in [0.717, 1.165) is 15.6 Å². The van der Waals surface area contributed by atoms with Gasteiger partial charge in [-0.2, -0.15) is 0 Å². The van der Waals surface area contributed by atoms with E-state index in [1.54, 1.807) is 19.2 Å². The first kappa shape index (κ1) is 20.3. The Bertz CT molecular complexity index is 903. The van der Waals surface area contributed by atoms with E-state index in [-0.39, 0.29) is 11.3 Å². The average molecular weight is 444 g/mol. The van der Waals surface area contributed by atoms with Gasteiger partial charge in [0, 0.05) is 30.3 Å². The topological polar surface area (TPSA) is 66.8 Å². The molecule has 0 spiro atoms. The van der Waals surface area contributed by atoms with E-state index in [9.17, 15) is 14.7 Å². The molecular formula is C22H22BrNO4. The van der Waals surface area contributed by atoms with Crippen LogP contribution in [0.2, 0.25) is 0 Å². The first-order valence-electron chi connectivity index (χ1n) is 9.04. The number of hydrogen-bond acceptors (Lipinski definition) is 4. The molecule has 1 fully saturated rings. The number of ether oxygens (including phenoxy) is 1. The summed E-state index contributed by atoms with van der Waals surface area (Å²) in [6, 6.07) is 14.0. The summed E-state index contributed by atoms with van der Waals surface area (Å²) in [4.78, 5) is 27.1. The molecule has 1 N–H and O–H groups in total. The zero-order chi connectivity index (χ0) is 20.3. The van der Waals surface area contributed by atoms with Gasteiger partial charge in [0.05, 0.1) is 11.6 Å². The van der Waals surface area contributed by atoms with Crippen molar-refractivity contribution in [1.82, 2.24) is 4.90 Å². The number of carbonyl (C=O) groups excluding carboxylic acids is 2. The van der Waals surface area contributed by atoms with Crippen LogP contribution in [0.1, 0.15) is 29.2 Å². The number of halogens is 1. The van der Waals surface area contributed by atoms with E-state index in [2.05, 4.69) is 15.9 Å². The zero-order valence-electron chi connectivity index (χ0n) is 15.8. The van der Waals surface area contributed by atoms with Crippen LogP contribution in [0.15, 0.2) is 58.6 Å². The van der Waals surface area contributed by atoms with Crippen LogP contribution in [0.25, 0.3) is 5.76 Å². The van der Waals surface area contributed by atoms with E-state index >= 15 is 0 Å². The number of methoxy groups -OCH3 is 1. The molecule has 1 atom stereocenters. The second-order valence-electron chi connectivity index (χ2n) is 6.76. The lowest BCUT2D eigenvalue weighted by molar-refractivity contribution is -0.140. The number of aryl methyl sites for hydroxylation is 1. The summed E-state index contributed by atoms with van der Waals surface area (Å²) in [5, 5.41) is 10.9. The summed E-state index contributed by atoms with van der Waals surface area (Å²) in [7, 11) is 1.59. The fourth-order valence-electron chi connectivity index (χ4n) is 3.35. The third kappa shape index (κ3) is 4.03. The lowest BCUT2D eigenvalue weighted by Crippen LogP contribution is -2.31. The number of likely N-dealkylation sites (tertiary alicyclic amines) is 1. The van der Waals surface area contributed by atoms with Gasteiger partial charge in [-0.25, -0.2) is 0 Å². The Morgan fingerprint density at radius 3 is 2.36 bits per heavy atom. The van der Waals surface area contributed by atoms with Crippen LogP contribution in [0.4, 0.5) is 0 Å². The van der Waals surface area contributed by atoms with Crippen LogP contribution in [0.5, 0.6) is 0 Å². The maximum atomic E-state index is 12.8. The molecule has 1 amide bonds. The summed E-state index contributed by atoms with van der Waals surface area (Å²) in [5.74, 6) is -1.42. The molecule has 1 aliphatic heterocycles.